The number of methoxy groups -OCH3 is 1. The van der Waals surface area contributed by atoms with Gasteiger partial charge in [-0.1, -0.05) is 0 Å². The van der Waals surface area contributed by atoms with E-state index in [1.165, 1.54) is 6.33 Å². The Morgan fingerprint density at radius 3 is 2.51 bits per heavy atom. The molecule has 196 valence electrons. The second-order valence-corrected chi connectivity index (χ2v) is 9.53. The first kappa shape index (κ1) is 25.2. The van der Waals surface area contributed by atoms with Gasteiger partial charge < -0.3 is 29.7 Å². The standard InChI is InChI=1S/C27H35N7O3/c1-28-23-14-21(29-16-24(23)37-19-8-12-36-13-9-19)22-15-26(31-17-30-22)32-25-5-4-20(27(33-25)35-3)18-6-10-34(2)11-7-18/h4-5,14-19H,6-13H2,1-3H3,(H,28,29)(H,30,31,32,33). The molecular weight excluding hydrogens is 470 g/mol. The van der Waals surface area contributed by atoms with Crippen LogP contribution >= 0.6 is 0 Å². The number of ether oxygens (including phenoxy) is 3. The molecule has 0 radical (unpaired) electrons. The smallest absolute Gasteiger partial charge is 0.218 e. The van der Waals surface area contributed by atoms with E-state index in [-0.39, 0.29) is 6.10 Å². The number of aromatic nitrogens is 4. The summed E-state index contributed by atoms with van der Waals surface area (Å²) in [4.78, 5) is 20.5. The first-order valence-corrected chi connectivity index (χ1v) is 12.9. The van der Waals surface area contributed by atoms with Gasteiger partial charge in [0, 0.05) is 31.5 Å². The summed E-state index contributed by atoms with van der Waals surface area (Å²) in [6, 6.07) is 7.90. The van der Waals surface area contributed by atoms with Gasteiger partial charge in [0.05, 0.1) is 43.6 Å². The lowest BCUT2D eigenvalue weighted by molar-refractivity contribution is 0.0257. The molecule has 0 amide bonds. The van der Waals surface area contributed by atoms with Gasteiger partial charge in [-0.15, -0.1) is 0 Å². The molecule has 0 saturated carbocycles. The van der Waals surface area contributed by atoms with Gasteiger partial charge in [-0.3, -0.25) is 4.98 Å². The highest BCUT2D eigenvalue weighted by atomic mass is 16.5. The fourth-order valence-electron chi connectivity index (χ4n) is 4.86. The average Bonchev–Trinajstić information content (AvgIpc) is 2.94. The number of hydrogen-bond donors (Lipinski definition) is 2. The molecule has 5 rings (SSSR count). The molecule has 5 heterocycles. The molecule has 10 nitrogen and oxygen atoms in total. The van der Waals surface area contributed by atoms with Crippen molar-refractivity contribution in [2.24, 2.45) is 0 Å². The van der Waals surface area contributed by atoms with Gasteiger partial charge in [0.1, 0.15) is 24.1 Å². The Labute approximate surface area is 217 Å². The van der Waals surface area contributed by atoms with E-state index in [4.69, 9.17) is 19.2 Å². The molecule has 0 aromatic carbocycles. The molecule has 0 aliphatic carbocycles. The lowest BCUT2D eigenvalue weighted by Gasteiger charge is -2.29. The summed E-state index contributed by atoms with van der Waals surface area (Å²) in [5.41, 5.74) is 3.44. The minimum Gasteiger partial charge on any atom is -0.486 e. The summed E-state index contributed by atoms with van der Waals surface area (Å²) in [5.74, 6) is 3.15. The summed E-state index contributed by atoms with van der Waals surface area (Å²) in [5, 5.41) is 6.51. The largest absolute Gasteiger partial charge is 0.486 e. The lowest BCUT2D eigenvalue weighted by Crippen LogP contribution is -2.29. The van der Waals surface area contributed by atoms with Crippen molar-refractivity contribution < 1.29 is 14.2 Å². The van der Waals surface area contributed by atoms with Gasteiger partial charge in [0.25, 0.3) is 0 Å². The van der Waals surface area contributed by atoms with Crippen LogP contribution in [0.15, 0.2) is 36.8 Å². The zero-order valence-electron chi connectivity index (χ0n) is 21.7. The van der Waals surface area contributed by atoms with Crippen molar-refractivity contribution in [3.05, 3.63) is 42.4 Å². The molecule has 2 aliphatic rings. The maximum Gasteiger partial charge on any atom is 0.218 e. The second-order valence-electron chi connectivity index (χ2n) is 9.53. The molecule has 37 heavy (non-hydrogen) atoms. The van der Waals surface area contributed by atoms with Crippen LogP contribution in [0.5, 0.6) is 11.6 Å². The van der Waals surface area contributed by atoms with Crippen molar-refractivity contribution >= 4 is 17.3 Å². The van der Waals surface area contributed by atoms with Gasteiger partial charge >= 0.3 is 0 Å². The first-order chi connectivity index (χ1) is 18.1. The van der Waals surface area contributed by atoms with E-state index < -0.39 is 0 Å². The van der Waals surface area contributed by atoms with Gasteiger partial charge in [0.2, 0.25) is 5.88 Å². The molecule has 0 spiro atoms. The van der Waals surface area contributed by atoms with Crippen LogP contribution in [0.2, 0.25) is 0 Å². The maximum atomic E-state index is 6.18. The quantitative estimate of drug-likeness (QED) is 0.465. The van der Waals surface area contributed by atoms with E-state index in [2.05, 4.69) is 43.6 Å². The summed E-state index contributed by atoms with van der Waals surface area (Å²) < 4.78 is 17.3. The van der Waals surface area contributed by atoms with E-state index >= 15 is 0 Å². The van der Waals surface area contributed by atoms with E-state index in [1.807, 2.05) is 25.2 Å². The Bertz CT molecular complexity index is 1190. The zero-order valence-corrected chi connectivity index (χ0v) is 21.7. The highest BCUT2D eigenvalue weighted by molar-refractivity contribution is 5.68. The molecule has 0 bridgehead atoms. The van der Waals surface area contributed by atoms with Gasteiger partial charge in [-0.2, -0.15) is 4.98 Å². The normalized spacial score (nSPS) is 17.4. The molecule has 2 saturated heterocycles. The summed E-state index contributed by atoms with van der Waals surface area (Å²) in [6.07, 6.45) is 7.38. The molecule has 2 fully saturated rings. The Balaban J connectivity index is 1.31. The van der Waals surface area contributed by atoms with Crippen molar-refractivity contribution in [1.29, 1.82) is 0 Å². The predicted octanol–water partition coefficient (Wildman–Crippen LogP) is 4.09. The third-order valence-electron chi connectivity index (χ3n) is 7.03. The van der Waals surface area contributed by atoms with Crippen LogP contribution in [0.25, 0.3) is 11.4 Å². The highest BCUT2D eigenvalue weighted by Gasteiger charge is 2.23. The van der Waals surface area contributed by atoms with Crippen LogP contribution in [0, 0.1) is 0 Å². The topological polar surface area (TPSA) is 107 Å². The fraction of sp³-hybridized carbons (Fsp3) is 0.481. The van der Waals surface area contributed by atoms with Crippen molar-refractivity contribution in [1.82, 2.24) is 24.8 Å². The van der Waals surface area contributed by atoms with Crippen molar-refractivity contribution in [2.75, 3.05) is 58.1 Å². The maximum absolute atomic E-state index is 6.18. The van der Waals surface area contributed by atoms with Crippen LogP contribution in [-0.4, -0.2) is 78.4 Å². The van der Waals surface area contributed by atoms with Crippen LogP contribution in [0.3, 0.4) is 0 Å². The molecule has 2 aliphatic heterocycles. The number of rotatable bonds is 8. The lowest BCUT2D eigenvalue weighted by atomic mass is 9.90. The number of anilines is 3. The van der Waals surface area contributed by atoms with Crippen LogP contribution < -0.4 is 20.1 Å². The number of hydrogen-bond acceptors (Lipinski definition) is 10. The SMILES string of the molecule is CNc1cc(-c2cc(Nc3ccc(C4CCN(C)CC4)c(OC)n3)ncn2)ncc1OC1CCOCC1. The number of pyridine rings is 2. The van der Waals surface area contributed by atoms with E-state index in [0.29, 0.717) is 29.1 Å². The molecule has 3 aromatic heterocycles. The predicted molar refractivity (Wildman–Crippen MR) is 143 cm³/mol. The average molecular weight is 506 g/mol. The zero-order chi connectivity index (χ0) is 25.6. The monoisotopic (exact) mass is 505 g/mol. The number of likely N-dealkylation sites (tertiary alicyclic amines) is 1. The molecule has 2 N–H and O–H groups in total. The molecule has 0 unspecified atom stereocenters. The number of nitrogens with one attached hydrogen (secondary N) is 2. The summed E-state index contributed by atoms with van der Waals surface area (Å²) in [7, 11) is 5.71. The highest BCUT2D eigenvalue weighted by Crippen LogP contribution is 2.34. The summed E-state index contributed by atoms with van der Waals surface area (Å²) >= 11 is 0. The van der Waals surface area contributed by atoms with E-state index in [9.17, 15) is 0 Å². The minimum absolute atomic E-state index is 0.138. The Morgan fingerprint density at radius 2 is 1.76 bits per heavy atom. The van der Waals surface area contributed by atoms with E-state index in [0.717, 1.165) is 74.7 Å². The first-order valence-electron chi connectivity index (χ1n) is 12.9. The van der Waals surface area contributed by atoms with E-state index in [1.54, 1.807) is 13.3 Å². The Morgan fingerprint density at radius 1 is 0.973 bits per heavy atom. The Kier molecular flexibility index (Phi) is 7.96. The number of piperidine rings is 1. The van der Waals surface area contributed by atoms with Gasteiger partial charge in [0.15, 0.2) is 5.75 Å². The van der Waals surface area contributed by atoms with Crippen LogP contribution in [0.4, 0.5) is 17.3 Å². The summed E-state index contributed by atoms with van der Waals surface area (Å²) in [6.45, 7) is 3.62. The number of nitrogens with zero attached hydrogens (tertiary/aromatic N) is 5. The Hall–Kier alpha value is -3.50. The third-order valence-corrected chi connectivity index (χ3v) is 7.03. The third kappa shape index (κ3) is 6.08. The second kappa shape index (κ2) is 11.7. The van der Waals surface area contributed by atoms with Crippen LogP contribution in [-0.2, 0) is 4.74 Å². The van der Waals surface area contributed by atoms with Gasteiger partial charge in [-0.25, -0.2) is 9.97 Å². The fourth-order valence-corrected chi connectivity index (χ4v) is 4.86. The molecule has 10 heteroatoms. The van der Waals surface area contributed by atoms with Gasteiger partial charge in [-0.05, 0) is 57.1 Å². The molecular formula is C27H35N7O3. The molecule has 0 atom stereocenters. The molecule has 3 aromatic rings. The van der Waals surface area contributed by atoms with Crippen LogP contribution in [0.1, 0.15) is 37.2 Å². The van der Waals surface area contributed by atoms with Crippen molar-refractivity contribution in [2.45, 2.75) is 37.7 Å². The van der Waals surface area contributed by atoms with Crippen molar-refractivity contribution in [3.63, 3.8) is 0 Å². The minimum atomic E-state index is 0.138. The van der Waals surface area contributed by atoms with Crippen molar-refractivity contribution in [3.8, 4) is 23.0 Å².